The van der Waals surface area contributed by atoms with E-state index in [0.29, 0.717) is 30.4 Å². The van der Waals surface area contributed by atoms with E-state index in [0.717, 1.165) is 17.9 Å². The summed E-state index contributed by atoms with van der Waals surface area (Å²) in [5, 5.41) is 0. The first-order valence-electron chi connectivity index (χ1n) is 7.78. The summed E-state index contributed by atoms with van der Waals surface area (Å²) < 4.78 is 5.87. The van der Waals surface area contributed by atoms with E-state index in [9.17, 15) is 0 Å². The van der Waals surface area contributed by atoms with Gasteiger partial charge in [0.25, 0.3) is 0 Å². The number of nitrogens with zero attached hydrogens (tertiary/aromatic N) is 2. The molecule has 2 atom stereocenters. The molecule has 0 aliphatic heterocycles. The third kappa shape index (κ3) is 3.92. The average molecular weight is 277 g/mol. The van der Waals surface area contributed by atoms with Gasteiger partial charge in [0.05, 0.1) is 12.3 Å². The van der Waals surface area contributed by atoms with E-state index in [1.165, 1.54) is 25.7 Å². The summed E-state index contributed by atoms with van der Waals surface area (Å²) in [6, 6.07) is 2.55. The molecule has 4 heteroatoms. The molecule has 112 valence electrons. The Hall–Kier alpha value is -1.16. The van der Waals surface area contributed by atoms with Gasteiger partial charge in [-0.15, -0.1) is 0 Å². The Labute approximate surface area is 122 Å². The summed E-state index contributed by atoms with van der Waals surface area (Å²) in [4.78, 5) is 8.89. The van der Waals surface area contributed by atoms with E-state index in [-0.39, 0.29) is 0 Å². The largest absolute Gasteiger partial charge is 0.463 e. The first kappa shape index (κ1) is 15.2. The molecule has 0 radical (unpaired) electrons. The second-order valence-corrected chi connectivity index (χ2v) is 6.22. The summed E-state index contributed by atoms with van der Waals surface area (Å²) in [6.45, 7) is 7.72. The normalized spacial score (nSPS) is 23.1. The highest BCUT2D eigenvalue weighted by atomic mass is 16.5. The fraction of sp³-hybridized carbons (Fsp3) is 0.750. The Balaban J connectivity index is 1.99. The zero-order valence-corrected chi connectivity index (χ0v) is 12.9. The summed E-state index contributed by atoms with van der Waals surface area (Å²) in [5.41, 5.74) is 7.88. The molecule has 0 amide bonds. The number of nitrogens with two attached hydrogens (primary N) is 1. The topological polar surface area (TPSA) is 61.0 Å². The molecule has 2 rings (SSSR count). The van der Waals surface area contributed by atoms with Gasteiger partial charge in [-0.25, -0.2) is 4.98 Å². The quantitative estimate of drug-likeness (QED) is 0.898. The van der Waals surface area contributed by atoms with Gasteiger partial charge in [0, 0.05) is 5.69 Å². The van der Waals surface area contributed by atoms with Crippen molar-refractivity contribution in [3.05, 3.63) is 17.5 Å². The summed E-state index contributed by atoms with van der Waals surface area (Å²) >= 11 is 0. The van der Waals surface area contributed by atoms with Crippen molar-refractivity contribution in [2.45, 2.75) is 52.4 Å². The Kier molecular flexibility index (Phi) is 5.35. The number of rotatable bonds is 5. The Bertz CT molecular complexity index is 434. The lowest BCUT2D eigenvalue weighted by Crippen LogP contribution is -2.31. The third-order valence-electron chi connectivity index (χ3n) is 4.24. The van der Waals surface area contributed by atoms with Crippen LogP contribution in [-0.2, 0) is 0 Å². The van der Waals surface area contributed by atoms with Gasteiger partial charge < -0.3 is 10.5 Å². The van der Waals surface area contributed by atoms with E-state index >= 15 is 0 Å². The monoisotopic (exact) mass is 277 g/mol. The maximum absolute atomic E-state index is 5.87. The first-order valence-corrected chi connectivity index (χ1v) is 7.78. The van der Waals surface area contributed by atoms with Crippen LogP contribution in [0.2, 0.25) is 0 Å². The van der Waals surface area contributed by atoms with E-state index in [2.05, 4.69) is 23.8 Å². The van der Waals surface area contributed by atoms with Crippen LogP contribution < -0.4 is 10.5 Å². The molecule has 2 unspecified atom stereocenters. The lowest BCUT2D eigenvalue weighted by molar-refractivity contribution is 0.145. The zero-order valence-electron chi connectivity index (χ0n) is 12.9. The summed E-state index contributed by atoms with van der Waals surface area (Å²) in [5.74, 6) is 1.55. The molecule has 1 fully saturated rings. The lowest BCUT2D eigenvalue weighted by atomic mass is 9.80. The fourth-order valence-corrected chi connectivity index (χ4v) is 2.92. The Morgan fingerprint density at radius 3 is 2.60 bits per heavy atom. The Morgan fingerprint density at radius 2 is 1.95 bits per heavy atom. The molecule has 0 bridgehead atoms. The van der Waals surface area contributed by atoms with Crippen molar-refractivity contribution in [2.75, 3.05) is 13.2 Å². The van der Waals surface area contributed by atoms with Gasteiger partial charge >= 0.3 is 6.01 Å². The molecule has 0 spiro atoms. The highest BCUT2D eigenvalue weighted by Crippen LogP contribution is 2.29. The number of hydrogen-bond donors (Lipinski definition) is 1. The van der Waals surface area contributed by atoms with E-state index in [1.54, 1.807) is 0 Å². The van der Waals surface area contributed by atoms with Crippen LogP contribution >= 0.6 is 0 Å². The highest BCUT2D eigenvalue weighted by molar-refractivity contribution is 5.15. The van der Waals surface area contributed by atoms with Crippen molar-refractivity contribution in [3.63, 3.8) is 0 Å². The van der Waals surface area contributed by atoms with Crippen LogP contribution in [0.4, 0.5) is 0 Å². The second-order valence-electron chi connectivity index (χ2n) is 6.22. The maximum Gasteiger partial charge on any atom is 0.316 e. The molecule has 1 aliphatic carbocycles. The molecule has 4 nitrogen and oxygen atoms in total. The van der Waals surface area contributed by atoms with Crippen molar-refractivity contribution in [1.29, 1.82) is 0 Å². The predicted octanol–water partition coefficient (Wildman–Crippen LogP) is 3.05. The van der Waals surface area contributed by atoms with Crippen LogP contribution in [0.25, 0.3) is 0 Å². The smallest absolute Gasteiger partial charge is 0.316 e. The molecule has 20 heavy (non-hydrogen) atoms. The van der Waals surface area contributed by atoms with Crippen LogP contribution in [0.3, 0.4) is 0 Å². The molecule has 1 aliphatic rings. The lowest BCUT2D eigenvalue weighted by Gasteiger charge is -2.30. The van der Waals surface area contributed by atoms with Gasteiger partial charge in [-0.2, -0.15) is 4.98 Å². The van der Waals surface area contributed by atoms with Crippen LogP contribution in [0.5, 0.6) is 6.01 Å². The van der Waals surface area contributed by atoms with Crippen molar-refractivity contribution in [1.82, 2.24) is 9.97 Å². The van der Waals surface area contributed by atoms with E-state index in [1.807, 2.05) is 13.0 Å². The maximum atomic E-state index is 5.87. The van der Waals surface area contributed by atoms with Crippen molar-refractivity contribution in [2.24, 2.45) is 17.6 Å². The van der Waals surface area contributed by atoms with Gasteiger partial charge in [0.1, 0.15) is 0 Å². The molecular weight excluding hydrogens is 250 g/mol. The molecule has 0 saturated heterocycles. The minimum atomic E-state index is 0.394. The van der Waals surface area contributed by atoms with Crippen molar-refractivity contribution >= 4 is 0 Å². The predicted molar refractivity (Wildman–Crippen MR) is 80.9 cm³/mol. The molecule has 1 aromatic heterocycles. The van der Waals surface area contributed by atoms with E-state index in [4.69, 9.17) is 10.5 Å². The Morgan fingerprint density at radius 1 is 1.25 bits per heavy atom. The average Bonchev–Trinajstić information content (AvgIpc) is 2.44. The van der Waals surface area contributed by atoms with Crippen molar-refractivity contribution in [3.8, 4) is 6.01 Å². The SMILES string of the molecule is Cc1cc(C(C)C)nc(OCC2CCCCC2CN)n1. The minimum absolute atomic E-state index is 0.394. The number of hydrogen-bond acceptors (Lipinski definition) is 4. The standard InChI is InChI=1S/C16H27N3O/c1-11(2)15-8-12(3)18-16(19-15)20-10-14-7-5-4-6-13(14)9-17/h8,11,13-14H,4-7,9-10,17H2,1-3H3. The molecule has 1 aromatic rings. The number of aryl methyl sites for hydroxylation is 1. The number of aromatic nitrogens is 2. The van der Waals surface area contributed by atoms with Crippen LogP contribution in [0, 0.1) is 18.8 Å². The molecule has 0 aromatic carbocycles. The van der Waals surface area contributed by atoms with Gasteiger partial charge in [-0.1, -0.05) is 26.7 Å². The van der Waals surface area contributed by atoms with E-state index < -0.39 is 0 Å². The molecular formula is C16H27N3O. The van der Waals surface area contributed by atoms with Gasteiger partial charge in [-0.3, -0.25) is 0 Å². The highest BCUT2D eigenvalue weighted by Gasteiger charge is 2.24. The molecule has 2 N–H and O–H groups in total. The van der Waals surface area contributed by atoms with Gasteiger partial charge in [0.15, 0.2) is 0 Å². The van der Waals surface area contributed by atoms with Gasteiger partial charge in [-0.05, 0) is 50.1 Å². The van der Waals surface area contributed by atoms with Crippen LogP contribution in [-0.4, -0.2) is 23.1 Å². The summed E-state index contributed by atoms with van der Waals surface area (Å²) in [6.07, 6.45) is 5.04. The minimum Gasteiger partial charge on any atom is -0.463 e. The van der Waals surface area contributed by atoms with Crippen LogP contribution in [0.15, 0.2) is 6.07 Å². The molecule has 1 saturated carbocycles. The fourth-order valence-electron chi connectivity index (χ4n) is 2.92. The zero-order chi connectivity index (χ0) is 14.5. The van der Waals surface area contributed by atoms with Gasteiger partial charge in [0.2, 0.25) is 0 Å². The van der Waals surface area contributed by atoms with Crippen LogP contribution in [0.1, 0.15) is 56.8 Å². The number of ether oxygens (including phenoxy) is 1. The molecule has 1 heterocycles. The third-order valence-corrected chi connectivity index (χ3v) is 4.24. The first-order chi connectivity index (χ1) is 9.60. The summed E-state index contributed by atoms with van der Waals surface area (Å²) in [7, 11) is 0. The van der Waals surface area contributed by atoms with Crippen molar-refractivity contribution < 1.29 is 4.74 Å². The second kappa shape index (κ2) is 7.02.